The van der Waals surface area contributed by atoms with E-state index in [0.717, 1.165) is 37.2 Å². The SMILES string of the molecule is c1ccc(N(C[C@@H]2CO[B-]34OCC[N+]23CCO4)c2ccccc2)cc1. The fraction of sp³-hybridized carbons (Fsp3) is 0.368. The van der Waals surface area contributed by atoms with Gasteiger partial charge in [-0.1, -0.05) is 36.4 Å². The van der Waals surface area contributed by atoms with Crippen molar-refractivity contribution in [3.8, 4) is 0 Å². The summed E-state index contributed by atoms with van der Waals surface area (Å²) < 4.78 is 18.9. The lowest BCUT2D eigenvalue weighted by Gasteiger charge is -2.44. The van der Waals surface area contributed by atoms with Crippen molar-refractivity contribution in [2.24, 2.45) is 0 Å². The average molecular weight is 338 g/mol. The quantitative estimate of drug-likeness (QED) is 0.802. The summed E-state index contributed by atoms with van der Waals surface area (Å²) in [5.74, 6) is 0. The molecule has 5 rings (SSSR count). The summed E-state index contributed by atoms with van der Waals surface area (Å²) in [6, 6.07) is 21.5. The predicted molar refractivity (Wildman–Crippen MR) is 97.3 cm³/mol. The molecule has 3 aliphatic heterocycles. The first kappa shape index (κ1) is 15.4. The monoisotopic (exact) mass is 338 g/mol. The highest BCUT2D eigenvalue weighted by molar-refractivity contribution is 6.54. The van der Waals surface area contributed by atoms with E-state index in [9.17, 15) is 0 Å². The lowest BCUT2D eigenvalue weighted by molar-refractivity contribution is -0.839. The van der Waals surface area contributed by atoms with Gasteiger partial charge in [0, 0.05) is 11.4 Å². The Bertz CT molecular complexity index is 693. The Morgan fingerprint density at radius 1 is 0.840 bits per heavy atom. The summed E-state index contributed by atoms with van der Waals surface area (Å²) in [5.41, 5.74) is 2.41. The molecular weight excluding hydrogens is 315 g/mol. The molecule has 0 aliphatic carbocycles. The van der Waals surface area contributed by atoms with Crippen LogP contribution < -0.4 is 4.90 Å². The molecule has 1 atom stereocenters. The number of hydrogen-bond acceptors (Lipinski definition) is 4. The van der Waals surface area contributed by atoms with E-state index in [2.05, 4.69) is 65.6 Å². The first-order valence-electron chi connectivity index (χ1n) is 9.12. The second-order valence-electron chi connectivity index (χ2n) is 7.17. The molecule has 2 aromatic carbocycles. The lowest BCUT2D eigenvalue weighted by Crippen LogP contribution is -2.64. The van der Waals surface area contributed by atoms with Gasteiger partial charge in [-0.3, -0.25) is 0 Å². The normalized spacial score (nSPS) is 33.2. The molecule has 130 valence electrons. The van der Waals surface area contributed by atoms with Crippen LogP contribution in [0.2, 0.25) is 0 Å². The maximum absolute atomic E-state index is 6.13. The highest BCUT2D eigenvalue weighted by atomic mass is 16.8. The van der Waals surface area contributed by atoms with Crippen molar-refractivity contribution in [2.75, 3.05) is 44.4 Å². The van der Waals surface area contributed by atoms with Gasteiger partial charge in [-0.2, -0.15) is 0 Å². The molecule has 0 N–H and O–H groups in total. The molecule has 0 unspecified atom stereocenters. The Kier molecular flexibility index (Phi) is 3.60. The zero-order valence-electron chi connectivity index (χ0n) is 14.3. The average Bonchev–Trinajstić information content (AvgIpc) is 3.27. The second-order valence-corrected chi connectivity index (χ2v) is 7.17. The third-order valence-electron chi connectivity index (χ3n) is 6.06. The van der Waals surface area contributed by atoms with Gasteiger partial charge in [0.2, 0.25) is 0 Å². The van der Waals surface area contributed by atoms with Gasteiger partial charge in [0.15, 0.2) is 0 Å². The number of anilines is 2. The first-order valence-corrected chi connectivity index (χ1v) is 9.12. The fourth-order valence-corrected chi connectivity index (χ4v) is 4.77. The highest BCUT2D eigenvalue weighted by Gasteiger charge is 2.68. The molecule has 0 aromatic heterocycles. The smallest absolute Gasteiger partial charge is 0.481 e. The van der Waals surface area contributed by atoms with Gasteiger partial charge in [-0.05, 0) is 24.3 Å². The van der Waals surface area contributed by atoms with Crippen LogP contribution >= 0.6 is 0 Å². The molecule has 0 radical (unpaired) electrons. The minimum absolute atomic E-state index is 0.352. The molecule has 0 spiro atoms. The molecule has 6 heteroatoms. The van der Waals surface area contributed by atoms with Crippen LogP contribution in [0, 0.1) is 0 Å². The molecule has 3 saturated heterocycles. The third-order valence-corrected chi connectivity index (χ3v) is 6.06. The van der Waals surface area contributed by atoms with Crippen LogP contribution in [-0.2, 0) is 14.0 Å². The van der Waals surface area contributed by atoms with E-state index in [1.807, 2.05) is 0 Å². The molecule has 0 amide bonds. The van der Waals surface area contributed by atoms with Gasteiger partial charge in [0.05, 0.1) is 45.5 Å². The maximum Gasteiger partial charge on any atom is 0.625 e. The number of rotatable bonds is 4. The topological polar surface area (TPSA) is 30.9 Å². The van der Waals surface area contributed by atoms with Crippen LogP contribution in [0.1, 0.15) is 0 Å². The maximum atomic E-state index is 6.13. The Balaban J connectivity index is 1.49. The number of benzene rings is 2. The van der Waals surface area contributed by atoms with Crippen LogP contribution in [0.4, 0.5) is 11.4 Å². The zero-order chi connectivity index (χ0) is 16.7. The van der Waals surface area contributed by atoms with E-state index in [-0.39, 0.29) is 0 Å². The summed E-state index contributed by atoms with van der Waals surface area (Å²) in [4.78, 5) is 2.39. The van der Waals surface area contributed by atoms with E-state index >= 15 is 0 Å². The first-order chi connectivity index (χ1) is 12.3. The van der Waals surface area contributed by atoms with Gasteiger partial charge in [0.1, 0.15) is 0 Å². The molecule has 3 fully saturated rings. The van der Waals surface area contributed by atoms with Gasteiger partial charge >= 0.3 is 6.89 Å². The van der Waals surface area contributed by atoms with Crippen LogP contribution in [0.3, 0.4) is 0 Å². The molecule has 3 aliphatic rings. The van der Waals surface area contributed by atoms with Crippen molar-refractivity contribution in [2.45, 2.75) is 6.04 Å². The van der Waals surface area contributed by atoms with Gasteiger partial charge in [0.25, 0.3) is 0 Å². The summed E-state index contributed by atoms with van der Waals surface area (Å²) in [6.45, 7) is 3.43. The Hall–Kier alpha value is -1.86. The van der Waals surface area contributed by atoms with Crippen LogP contribution in [0.5, 0.6) is 0 Å². The largest absolute Gasteiger partial charge is 0.625 e. The lowest BCUT2D eigenvalue weighted by atomic mass is 9.91. The summed E-state index contributed by atoms with van der Waals surface area (Å²) in [5, 5.41) is 0. The number of nitrogens with zero attached hydrogens (tertiary/aromatic N) is 2. The molecular formula is C19H23BN2O3. The Morgan fingerprint density at radius 3 is 1.96 bits per heavy atom. The number of hydrogen-bond donors (Lipinski definition) is 0. The van der Waals surface area contributed by atoms with Crippen molar-refractivity contribution >= 4 is 18.3 Å². The van der Waals surface area contributed by atoms with Crippen molar-refractivity contribution in [3.63, 3.8) is 0 Å². The van der Waals surface area contributed by atoms with E-state index in [1.54, 1.807) is 0 Å². The van der Waals surface area contributed by atoms with E-state index in [1.165, 1.54) is 11.4 Å². The van der Waals surface area contributed by atoms with Crippen LogP contribution in [0.15, 0.2) is 60.7 Å². The van der Waals surface area contributed by atoms with Crippen molar-refractivity contribution in [3.05, 3.63) is 60.7 Å². The van der Waals surface area contributed by atoms with Gasteiger partial charge < -0.3 is 23.3 Å². The standard InChI is InChI=1S/C19H23BN2O3/c1-3-7-17(8-4-1)21(18-9-5-2-6-10-18)15-19-16-25-20-22(19,11-13-23-20)12-14-24-20/h1-10,19H,11-16H2/t19-,20?,22?/m1/s1. The number of quaternary nitrogens is 1. The van der Waals surface area contributed by atoms with Crippen molar-refractivity contribution in [1.82, 2.24) is 0 Å². The zero-order valence-corrected chi connectivity index (χ0v) is 14.3. The molecule has 0 bridgehead atoms. The van der Waals surface area contributed by atoms with Gasteiger partial charge in [-0.25, -0.2) is 0 Å². The van der Waals surface area contributed by atoms with Crippen molar-refractivity contribution < 1.29 is 18.4 Å². The summed E-state index contributed by atoms with van der Waals surface area (Å²) in [6.07, 6.45) is 0. The van der Waals surface area contributed by atoms with E-state index in [0.29, 0.717) is 12.6 Å². The summed E-state index contributed by atoms with van der Waals surface area (Å²) >= 11 is 0. The predicted octanol–water partition coefficient (Wildman–Crippen LogP) is 2.54. The highest BCUT2D eigenvalue weighted by Crippen LogP contribution is 2.43. The Labute approximate surface area is 148 Å². The second kappa shape index (κ2) is 5.85. The molecule has 0 saturated carbocycles. The molecule has 5 nitrogen and oxygen atoms in total. The molecule has 3 heterocycles. The number of para-hydroxylation sites is 2. The fourth-order valence-electron chi connectivity index (χ4n) is 4.77. The Morgan fingerprint density at radius 2 is 1.40 bits per heavy atom. The summed E-state index contributed by atoms with van der Waals surface area (Å²) in [7, 11) is 0. The van der Waals surface area contributed by atoms with E-state index < -0.39 is 6.89 Å². The molecule has 25 heavy (non-hydrogen) atoms. The molecule has 2 aromatic rings. The minimum Gasteiger partial charge on any atom is -0.481 e. The van der Waals surface area contributed by atoms with Crippen molar-refractivity contribution in [1.29, 1.82) is 0 Å². The van der Waals surface area contributed by atoms with Gasteiger partial charge in [-0.15, -0.1) is 0 Å². The van der Waals surface area contributed by atoms with Crippen LogP contribution in [0.25, 0.3) is 0 Å². The van der Waals surface area contributed by atoms with E-state index in [4.69, 9.17) is 14.0 Å². The van der Waals surface area contributed by atoms with Crippen LogP contribution in [-0.4, -0.2) is 56.8 Å². The third kappa shape index (κ3) is 2.25. The minimum atomic E-state index is -1.59.